The fourth-order valence-corrected chi connectivity index (χ4v) is 4.58. The molecule has 5 rings (SSSR count). The van der Waals surface area contributed by atoms with Crippen molar-refractivity contribution in [3.63, 3.8) is 0 Å². The molecule has 0 radical (unpaired) electrons. The number of aromatic hydroxyl groups is 1. The molecule has 0 spiro atoms. The normalized spacial score (nSPS) is 21.8. The van der Waals surface area contributed by atoms with Crippen LogP contribution in [0.4, 0.5) is 9.18 Å². The van der Waals surface area contributed by atoms with Gasteiger partial charge >= 0.3 is 6.09 Å². The third kappa shape index (κ3) is 3.51. The molecule has 10 heteroatoms. The van der Waals surface area contributed by atoms with E-state index in [1.165, 1.54) is 35.9 Å². The Hall–Kier alpha value is -3.43. The van der Waals surface area contributed by atoms with Crippen LogP contribution in [-0.2, 0) is 18.6 Å². The first-order chi connectivity index (χ1) is 14.7. The maximum atomic E-state index is 13.1. The summed E-state index contributed by atoms with van der Waals surface area (Å²) in [6.07, 6.45) is 1.24. The molecule has 3 aliphatic rings. The number of amides is 2. The fourth-order valence-electron chi connectivity index (χ4n) is 4.58. The number of rotatable bonds is 4. The number of hydrogen-bond acceptors (Lipinski definition) is 5. The van der Waals surface area contributed by atoms with Crippen LogP contribution in [0, 0.1) is 11.7 Å². The molecule has 1 fully saturated rings. The number of nitrogens with one attached hydrogen (secondary N) is 1. The summed E-state index contributed by atoms with van der Waals surface area (Å²) in [5.41, 5.74) is -1.62. The van der Waals surface area contributed by atoms with Gasteiger partial charge in [0.15, 0.2) is 5.69 Å². The predicted octanol–water partition coefficient (Wildman–Crippen LogP) is 2.03. The van der Waals surface area contributed by atoms with Crippen molar-refractivity contribution >= 4 is 12.0 Å². The third-order valence-corrected chi connectivity index (χ3v) is 6.45. The van der Waals surface area contributed by atoms with Gasteiger partial charge in [-0.15, -0.1) is 0 Å². The van der Waals surface area contributed by atoms with Crippen LogP contribution in [0.25, 0.3) is 0 Å². The van der Waals surface area contributed by atoms with Crippen molar-refractivity contribution in [2.24, 2.45) is 5.92 Å². The second-order valence-electron chi connectivity index (χ2n) is 8.17. The Morgan fingerprint density at radius 1 is 1.29 bits per heavy atom. The highest BCUT2D eigenvalue weighted by molar-refractivity contribution is 5.94. The summed E-state index contributed by atoms with van der Waals surface area (Å²) in [5, 5.41) is 22.7. The maximum absolute atomic E-state index is 13.1. The lowest BCUT2D eigenvalue weighted by Gasteiger charge is -2.42. The van der Waals surface area contributed by atoms with Crippen molar-refractivity contribution in [1.29, 1.82) is 0 Å². The Kier molecular flexibility index (Phi) is 5.16. The van der Waals surface area contributed by atoms with Gasteiger partial charge in [0.05, 0.1) is 0 Å². The van der Waals surface area contributed by atoms with Crippen LogP contribution in [-0.4, -0.2) is 43.7 Å². The van der Waals surface area contributed by atoms with Gasteiger partial charge in [0, 0.05) is 20.1 Å². The SMILES string of the molecule is CN(C(=O)O)C12CCC(CC1)Cn1c2nc(C(=O)NCc2ccc(F)cc2)c(O)c1=O. The monoisotopic (exact) mass is 430 g/mol. The zero-order valence-corrected chi connectivity index (χ0v) is 17.0. The molecule has 0 atom stereocenters. The number of benzene rings is 1. The smallest absolute Gasteiger partial charge is 0.407 e. The predicted molar refractivity (Wildman–Crippen MR) is 107 cm³/mol. The summed E-state index contributed by atoms with van der Waals surface area (Å²) in [5.74, 6) is -1.58. The van der Waals surface area contributed by atoms with Crippen LogP contribution in [0.1, 0.15) is 47.6 Å². The van der Waals surface area contributed by atoms with Crippen LogP contribution in [0.15, 0.2) is 29.1 Å². The van der Waals surface area contributed by atoms with Crippen molar-refractivity contribution in [2.75, 3.05) is 7.05 Å². The van der Waals surface area contributed by atoms with Gasteiger partial charge in [-0.3, -0.25) is 19.1 Å². The van der Waals surface area contributed by atoms with E-state index in [2.05, 4.69) is 10.3 Å². The van der Waals surface area contributed by atoms with E-state index in [0.29, 0.717) is 37.8 Å². The minimum absolute atomic E-state index is 0.0426. The van der Waals surface area contributed by atoms with Crippen LogP contribution >= 0.6 is 0 Å². The molecule has 3 heterocycles. The van der Waals surface area contributed by atoms with E-state index < -0.39 is 40.4 Å². The molecule has 1 saturated carbocycles. The first-order valence-corrected chi connectivity index (χ1v) is 10.1. The van der Waals surface area contributed by atoms with Crippen molar-refractivity contribution in [3.05, 3.63) is 57.5 Å². The minimum Gasteiger partial charge on any atom is -0.501 e. The number of nitrogens with zero attached hydrogens (tertiary/aromatic N) is 3. The highest BCUT2D eigenvalue weighted by Crippen LogP contribution is 2.46. The van der Waals surface area contributed by atoms with Gasteiger partial charge in [0.1, 0.15) is 17.2 Å². The zero-order chi connectivity index (χ0) is 22.3. The summed E-state index contributed by atoms with van der Waals surface area (Å²) in [6.45, 7) is 0.363. The van der Waals surface area contributed by atoms with Crippen LogP contribution < -0.4 is 10.9 Å². The second-order valence-corrected chi connectivity index (χ2v) is 8.17. The highest BCUT2D eigenvalue weighted by Gasteiger charge is 2.49. The molecule has 1 aromatic carbocycles. The van der Waals surface area contributed by atoms with Gasteiger partial charge in [0.25, 0.3) is 11.5 Å². The number of aromatic nitrogens is 2. The van der Waals surface area contributed by atoms with Gasteiger partial charge in [-0.2, -0.15) is 0 Å². The molecule has 2 amide bonds. The van der Waals surface area contributed by atoms with Gasteiger partial charge in [-0.25, -0.2) is 14.2 Å². The number of carboxylic acid groups (broad SMARTS) is 1. The average molecular weight is 430 g/mol. The molecule has 164 valence electrons. The third-order valence-electron chi connectivity index (χ3n) is 6.45. The molecule has 1 aromatic heterocycles. The highest BCUT2D eigenvalue weighted by atomic mass is 19.1. The topological polar surface area (TPSA) is 125 Å². The first-order valence-electron chi connectivity index (χ1n) is 10.1. The summed E-state index contributed by atoms with van der Waals surface area (Å²) in [7, 11) is 1.44. The molecule has 9 nitrogen and oxygen atoms in total. The maximum Gasteiger partial charge on any atom is 0.407 e. The molecule has 0 unspecified atom stereocenters. The quantitative estimate of drug-likeness (QED) is 0.682. The lowest BCUT2D eigenvalue weighted by molar-refractivity contribution is 0.0550. The van der Waals surface area contributed by atoms with Gasteiger partial charge < -0.3 is 15.5 Å². The Morgan fingerprint density at radius 3 is 2.55 bits per heavy atom. The zero-order valence-electron chi connectivity index (χ0n) is 17.0. The van der Waals surface area contributed by atoms with E-state index in [1.54, 1.807) is 0 Å². The van der Waals surface area contributed by atoms with Gasteiger partial charge in [0.2, 0.25) is 5.75 Å². The number of halogens is 1. The van der Waals surface area contributed by atoms with Crippen molar-refractivity contribution in [3.8, 4) is 5.75 Å². The molecule has 2 aliphatic heterocycles. The molecular formula is C21H23FN4O5. The number of hydrogen-bond donors (Lipinski definition) is 3. The van der Waals surface area contributed by atoms with E-state index in [0.717, 1.165) is 4.90 Å². The average Bonchev–Trinajstić information content (AvgIpc) is 3.02. The Morgan fingerprint density at radius 2 is 1.94 bits per heavy atom. The van der Waals surface area contributed by atoms with E-state index in [4.69, 9.17) is 0 Å². The largest absolute Gasteiger partial charge is 0.501 e. The number of carbonyl (C=O) groups is 2. The van der Waals surface area contributed by atoms with Crippen molar-refractivity contribution < 1.29 is 24.2 Å². The standard InChI is InChI=1S/C21H23FN4O5/c1-25(20(30)31)21-8-6-13(7-9-21)11-26-18(29)16(27)15(24-19(21)26)17(28)23-10-12-2-4-14(22)5-3-12/h2-5,13,27H,6-11H2,1H3,(H,23,28)(H,30,31). The van der Waals surface area contributed by atoms with Gasteiger partial charge in [-0.1, -0.05) is 12.1 Å². The molecular weight excluding hydrogens is 407 g/mol. The van der Waals surface area contributed by atoms with E-state index in [-0.39, 0.29) is 18.3 Å². The van der Waals surface area contributed by atoms with Crippen LogP contribution in [0.3, 0.4) is 0 Å². The molecule has 0 saturated heterocycles. The minimum atomic E-state index is -1.16. The second kappa shape index (κ2) is 7.68. The van der Waals surface area contributed by atoms with E-state index in [1.807, 2.05) is 0 Å². The lowest BCUT2D eigenvalue weighted by Crippen LogP contribution is -2.50. The van der Waals surface area contributed by atoms with Gasteiger partial charge in [-0.05, 0) is 49.3 Å². The molecule has 3 N–H and O–H groups in total. The molecule has 31 heavy (non-hydrogen) atoms. The summed E-state index contributed by atoms with van der Waals surface area (Å²) in [4.78, 5) is 43.0. The molecule has 2 bridgehead atoms. The Bertz CT molecular complexity index is 1090. The molecule has 1 aliphatic carbocycles. The van der Waals surface area contributed by atoms with E-state index >= 15 is 0 Å². The summed E-state index contributed by atoms with van der Waals surface area (Å²) >= 11 is 0. The number of carbonyl (C=O) groups excluding carboxylic acids is 1. The van der Waals surface area contributed by atoms with Crippen LogP contribution in [0.2, 0.25) is 0 Å². The first kappa shape index (κ1) is 20.8. The summed E-state index contributed by atoms with van der Waals surface area (Å²) in [6, 6.07) is 5.52. The lowest BCUT2D eigenvalue weighted by atomic mass is 9.76. The van der Waals surface area contributed by atoms with Crippen LogP contribution in [0.5, 0.6) is 5.75 Å². The van der Waals surface area contributed by atoms with Crippen molar-refractivity contribution in [2.45, 2.75) is 44.3 Å². The number of fused-ring (bicyclic) bond motifs is 2. The Balaban J connectivity index is 1.73. The summed E-state index contributed by atoms with van der Waals surface area (Å²) < 4.78 is 14.4. The molecule has 2 aromatic rings. The Labute approximate surface area is 177 Å². The fraction of sp³-hybridized carbons (Fsp3) is 0.429. The van der Waals surface area contributed by atoms with Crippen molar-refractivity contribution in [1.82, 2.24) is 19.8 Å². The van der Waals surface area contributed by atoms with E-state index in [9.17, 15) is 29.0 Å².